The summed E-state index contributed by atoms with van der Waals surface area (Å²) in [6.45, 7) is 2.15. The maximum absolute atomic E-state index is 11.1. The first-order valence-electron chi connectivity index (χ1n) is 5.40. The number of aliphatic hydroxyl groups is 1. The molecular weight excluding hydrogens is 222 g/mol. The molecular formula is C12H15NO4. The summed E-state index contributed by atoms with van der Waals surface area (Å²) in [6.07, 6.45) is -0.724. The van der Waals surface area contributed by atoms with Crippen LogP contribution in [0.2, 0.25) is 0 Å². The predicted octanol–water partition coefficient (Wildman–Crippen LogP) is 1.02. The van der Waals surface area contributed by atoms with Crippen molar-refractivity contribution in [1.82, 2.24) is 4.90 Å². The fraction of sp³-hybridized carbons (Fsp3) is 0.417. The second-order valence-corrected chi connectivity index (χ2v) is 4.13. The number of carbonyl (C=O) groups is 1. The van der Waals surface area contributed by atoms with Crippen molar-refractivity contribution in [1.29, 1.82) is 0 Å². The Bertz CT molecular complexity index is 433. The molecule has 1 N–H and O–H groups in total. The average molecular weight is 237 g/mol. The van der Waals surface area contributed by atoms with Crippen LogP contribution in [-0.4, -0.2) is 29.5 Å². The van der Waals surface area contributed by atoms with E-state index in [2.05, 4.69) is 0 Å². The maximum atomic E-state index is 11.1. The number of hydrogen-bond donors (Lipinski definition) is 1. The molecule has 0 saturated carbocycles. The number of rotatable bonds is 3. The van der Waals surface area contributed by atoms with Crippen LogP contribution in [0.15, 0.2) is 18.2 Å². The Kier molecular flexibility index (Phi) is 3.31. The van der Waals surface area contributed by atoms with Gasteiger partial charge in [-0.15, -0.1) is 0 Å². The number of hydrogen-bond acceptors (Lipinski definition) is 4. The first kappa shape index (κ1) is 11.9. The molecule has 5 heteroatoms. The van der Waals surface area contributed by atoms with E-state index in [1.165, 1.54) is 11.8 Å². The van der Waals surface area contributed by atoms with Crippen molar-refractivity contribution in [3.8, 4) is 5.75 Å². The third kappa shape index (κ3) is 2.57. The van der Waals surface area contributed by atoms with Crippen molar-refractivity contribution in [2.75, 3.05) is 13.6 Å². The second kappa shape index (κ2) is 4.73. The standard InChI is InChI=1S/C12H15NO4/c1-8(14)13(2)6-11(15)9-3-4-10-7-16-17-12(10)5-9/h3-5,11,15H,6-7H2,1-2H3. The number of carbonyl (C=O) groups excluding carboxylic acids is 1. The fourth-order valence-electron chi connectivity index (χ4n) is 1.63. The number of likely N-dealkylation sites (N-methyl/N-ethyl adjacent to an activating group) is 1. The molecule has 0 aliphatic carbocycles. The van der Waals surface area contributed by atoms with Crippen LogP contribution in [0.1, 0.15) is 24.2 Å². The van der Waals surface area contributed by atoms with Crippen molar-refractivity contribution in [2.45, 2.75) is 19.6 Å². The molecule has 2 rings (SSSR count). The van der Waals surface area contributed by atoms with Gasteiger partial charge in [0.25, 0.3) is 0 Å². The fourth-order valence-corrected chi connectivity index (χ4v) is 1.63. The van der Waals surface area contributed by atoms with Gasteiger partial charge in [-0.2, -0.15) is 4.89 Å². The minimum Gasteiger partial charge on any atom is -0.387 e. The lowest BCUT2D eigenvalue weighted by molar-refractivity contribution is -0.194. The van der Waals surface area contributed by atoms with Crippen LogP contribution in [0.3, 0.4) is 0 Å². The van der Waals surface area contributed by atoms with Crippen molar-refractivity contribution < 1.29 is 19.7 Å². The largest absolute Gasteiger partial charge is 0.387 e. The van der Waals surface area contributed by atoms with E-state index >= 15 is 0 Å². The number of fused-ring (bicyclic) bond motifs is 1. The molecule has 1 aromatic rings. The van der Waals surface area contributed by atoms with Gasteiger partial charge in [0.05, 0.1) is 12.6 Å². The quantitative estimate of drug-likeness (QED) is 0.797. The number of amides is 1. The van der Waals surface area contributed by atoms with Crippen LogP contribution < -0.4 is 4.89 Å². The highest BCUT2D eigenvalue weighted by Crippen LogP contribution is 2.29. The monoisotopic (exact) mass is 237 g/mol. The van der Waals surface area contributed by atoms with Gasteiger partial charge in [0, 0.05) is 19.5 Å². The van der Waals surface area contributed by atoms with E-state index in [0.29, 0.717) is 17.9 Å². The zero-order valence-electron chi connectivity index (χ0n) is 9.84. The molecule has 0 fully saturated rings. The molecule has 1 amide bonds. The summed E-state index contributed by atoms with van der Waals surface area (Å²) in [6, 6.07) is 5.41. The third-order valence-corrected chi connectivity index (χ3v) is 2.82. The normalized spacial score (nSPS) is 15.0. The Morgan fingerprint density at radius 3 is 3.06 bits per heavy atom. The van der Waals surface area contributed by atoms with Gasteiger partial charge in [0.2, 0.25) is 5.91 Å². The molecule has 0 spiro atoms. The van der Waals surface area contributed by atoms with Gasteiger partial charge in [0.15, 0.2) is 5.75 Å². The topological polar surface area (TPSA) is 59.0 Å². The molecule has 1 aromatic carbocycles. The molecule has 0 saturated heterocycles. The highest BCUT2D eigenvalue weighted by atomic mass is 17.2. The molecule has 17 heavy (non-hydrogen) atoms. The molecule has 92 valence electrons. The Hall–Kier alpha value is -1.59. The van der Waals surface area contributed by atoms with E-state index in [-0.39, 0.29) is 12.5 Å². The molecule has 1 atom stereocenters. The van der Waals surface area contributed by atoms with Crippen molar-refractivity contribution in [2.24, 2.45) is 0 Å². The number of nitrogens with zero attached hydrogens (tertiary/aromatic N) is 1. The highest BCUT2D eigenvalue weighted by Gasteiger charge is 2.18. The summed E-state index contributed by atoms with van der Waals surface area (Å²) in [4.78, 5) is 22.3. The van der Waals surface area contributed by atoms with E-state index in [1.54, 1.807) is 13.1 Å². The van der Waals surface area contributed by atoms with Crippen LogP contribution in [0, 0.1) is 0 Å². The van der Waals surface area contributed by atoms with Crippen LogP contribution >= 0.6 is 0 Å². The Morgan fingerprint density at radius 2 is 2.35 bits per heavy atom. The van der Waals surface area contributed by atoms with Crippen LogP contribution in [0.25, 0.3) is 0 Å². The van der Waals surface area contributed by atoms with Crippen molar-refractivity contribution >= 4 is 5.91 Å². The smallest absolute Gasteiger partial charge is 0.219 e. The molecule has 5 nitrogen and oxygen atoms in total. The molecule has 0 radical (unpaired) electrons. The van der Waals surface area contributed by atoms with Gasteiger partial charge in [-0.25, -0.2) is 0 Å². The van der Waals surface area contributed by atoms with Gasteiger partial charge >= 0.3 is 0 Å². The van der Waals surface area contributed by atoms with Gasteiger partial charge in [-0.05, 0) is 11.6 Å². The summed E-state index contributed by atoms with van der Waals surface area (Å²) >= 11 is 0. The predicted molar refractivity (Wildman–Crippen MR) is 60.1 cm³/mol. The molecule has 1 unspecified atom stereocenters. The summed E-state index contributed by atoms with van der Waals surface area (Å²) in [5.41, 5.74) is 1.67. The molecule has 0 aromatic heterocycles. The highest BCUT2D eigenvalue weighted by molar-refractivity contribution is 5.72. The number of benzene rings is 1. The van der Waals surface area contributed by atoms with Gasteiger partial charge in [0.1, 0.15) is 6.61 Å². The lowest BCUT2D eigenvalue weighted by Gasteiger charge is -2.19. The summed E-state index contributed by atoms with van der Waals surface area (Å²) < 4.78 is 0. The van der Waals surface area contributed by atoms with Crippen molar-refractivity contribution in [3.63, 3.8) is 0 Å². The zero-order chi connectivity index (χ0) is 12.4. The lowest BCUT2D eigenvalue weighted by atomic mass is 10.1. The van der Waals surface area contributed by atoms with E-state index in [0.717, 1.165) is 5.56 Å². The van der Waals surface area contributed by atoms with Crippen molar-refractivity contribution in [3.05, 3.63) is 29.3 Å². The Balaban J connectivity index is 2.09. The molecule has 0 bridgehead atoms. The molecule has 1 aliphatic heterocycles. The Morgan fingerprint density at radius 1 is 1.59 bits per heavy atom. The minimum absolute atomic E-state index is 0.0789. The SMILES string of the molecule is CC(=O)N(C)CC(O)c1ccc2c(c1)OOC2. The summed E-state index contributed by atoms with van der Waals surface area (Å²) in [5.74, 6) is 0.553. The first-order chi connectivity index (χ1) is 8.08. The van der Waals surface area contributed by atoms with Crippen LogP contribution in [0.4, 0.5) is 0 Å². The molecule has 1 heterocycles. The van der Waals surface area contributed by atoms with E-state index in [4.69, 9.17) is 9.78 Å². The first-order valence-corrected chi connectivity index (χ1v) is 5.40. The third-order valence-electron chi connectivity index (χ3n) is 2.82. The van der Waals surface area contributed by atoms with Crippen LogP contribution in [-0.2, 0) is 16.3 Å². The second-order valence-electron chi connectivity index (χ2n) is 4.13. The zero-order valence-corrected chi connectivity index (χ0v) is 9.84. The van der Waals surface area contributed by atoms with E-state index < -0.39 is 6.10 Å². The van der Waals surface area contributed by atoms with E-state index in [9.17, 15) is 9.90 Å². The van der Waals surface area contributed by atoms with Gasteiger partial charge in [-0.3, -0.25) is 4.79 Å². The molecule has 1 aliphatic rings. The maximum Gasteiger partial charge on any atom is 0.219 e. The number of aliphatic hydroxyl groups excluding tert-OH is 1. The van der Waals surface area contributed by atoms with Gasteiger partial charge in [-0.1, -0.05) is 12.1 Å². The van der Waals surface area contributed by atoms with E-state index in [1.807, 2.05) is 12.1 Å². The summed E-state index contributed by atoms with van der Waals surface area (Å²) in [5, 5.41) is 9.98. The van der Waals surface area contributed by atoms with Gasteiger partial charge < -0.3 is 14.9 Å². The average Bonchev–Trinajstić information content (AvgIpc) is 2.75. The summed E-state index contributed by atoms with van der Waals surface area (Å²) in [7, 11) is 1.65. The lowest BCUT2D eigenvalue weighted by Crippen LogP contribution is -2.28. The van der Waals surface area contributed by atoms with Crippen LogP contribution in [0.5, 0.6) is 5.75 Å². The Labute approximate surface area is 99.5 Å². The minimum atomic E-state index is -0.724.